The van der Waals surface area contributed by atoms with Crippen molar-refractivity contribution in [3.05, 3.63) is 84.2 Å². The van der Waals surface area contributed by atoms with E-state index < -0.39 is 12.0 Å². The number of amides is 2. The predicted molar refractivity (Wildman–Crippen MR) is 141 cm³/mol. The van der Waals surface area contributed by atoms with E-state index in [0.717, 1.165) is 5.69 Å². The zero-order chi connectivity index (χ0) is 26.6. The van der Waals surface area contributed by atoms with Crippen molar-refractivity contribution in [1.82, 2.24) is 14.8 Å². The lowest BCUT2D eigenvalue weighted by Gasteiger charge is -2.14. The van der Waals surface area contributed by atoms with Gasteiger partial charge in [0.2, 0.25) is 0 Å². The van der Waals surface area contributed by atoms with E-state index >= 15 is 0 Å². The number of aromatic nitrogens is 3. The molecular formula is C27H28N6O4. The topological polar surface area (TPSA) is 133 Å². The maximum absolute atomic E-state index is 12.9. The number of carbonyl (C=O) groups is 2. The number of carbonyl (C=O) groups excluding carboxylic acids is 2. The van der Waals surface area contributed by atoms with E-state index in [1.54, 1.807) is 71.5 Å². The normalized spacial score (nSPS) is 11.0. The van der Waals surface area contributed by atoms with Crippen molar-refractivity contribution >= 4 is 29.3 Å². The van der Waals surface area contributed by atoms with Gasteiger partial charge in [0.25, 0.3) is 0 Å². The van der Waals surface area contributed by atoms with E-state index in [1.807, 2.05) is 26.8 Å². The summed E-state index contributed by atoms with van der Waals surface area (Å²) in [6.07, 6.45) is 1.56. The van der Waals surface area contributed by atoms with Crippen molar-refractivity contribution in [2.75, 3.05) is 23.5 Å². The number of benzene rings is 2. The molecule has 0 aliphatic rings. The molecule has 0 fully saturated rings. The van der Waals surface area contributed by atoms with Crippen LogP contribution in [-0.2, 0) is 10.2 Å². The van der Waals surface area contributed by atoms with Gasteiger partial charge in [0.1, 0.15) is 23.1 Å². The molecule has 0 saturated carbocycles. The number of methoxy groups -OCH3 is 1. The fourth-order valence-electron chi connectivity index (χ4n) is 3.43. The number of esters is 1. The fraction of sp³-hybridized carbons (Fsp3) is 0.185. The molecule has 190 valence electrons. The molecule has 4 aromatic rings. The molecule has 37 heavy (non-hydrogen) atoms. The van der Waals surface area contributed by atoms with Crippen LogP contribution in [0.25, 0.3) is 5.69 Å². The Labute approximate surface area is 214 Å². The Morgan fingerprint density at radius 1 is 0.946 bits per heavy atom. The third-order valence-electron chi connectivity index (χ3n) is 5.33. The minimum absolute atomic E-state index is 0.270. The van der Waals surface area contributed by atoms with Gasteiger partial charge in [-0.15, -0.1) is 0 Å². The molecule has 0 aliphatic heterocycles. The highest BCUT2D eigenvalue weighted by Crippen LogP contribution is 2.27. The highest BCUT2D eigenvalue weighted by Gasteiger charge is 2.22. The van der Waals surface area contributed by atoms with Crippen LogP contribution in [0.1, 0.15) is 36.8 Å². The van der Waals surface area contributed by atoms with Gasteiger partial charge in [-0.1, -0.05) is 26.8 Å². The van der Waals surface area contributed by atoms with Crippen LogP contribution in [0.2, 0.25) is 0 Å². The average molecular weight is 501 g/mol. The Hall–Kier alpha value is -4.86. The van der Waals surface area contributed by atoms with E-state index in [0.29, 0.717) is 40.1 Å². The number of rotatable bonds is 6. The zero-order valence-electron chi connectivity index (χ0n) is 21.0. The molecule has 2 amide bonds. The Morgan fingerprint density at radius 2 is 1.70 bits per heavy atom. The first-order valence-corrected chi connectivity index (χ1v) is 11.5. The van der Waals surface area contributed by atoms with Gasteiger partial charge in [0.05, 0.1) is 24.1 Å². The summed E-state index contributed by atoms with van der Waals surface area (Å²) in [7, 11) is 1.33. The van der Waals surface area contributed by atoms with Gasteiger partial charge >= 0.3 is 12.0 Å². The van der Waals surface area contributed by atoms with Crippen LogP contribution in [0.4, 0.5) is 22.1 Å². The minimum Gasteiger partial charge on any atom is -0.465 e. The van der Waals surface area contributed by atoms with Crippen LogP contribution in [-0.4, -0.2) is 33.9 Å². The molecule has 4 rings (SSSR count). The van der Waals surface area contributed by atoms with Crippen LogP contribution in [0.3, 0.4) is 0 Å². The quantitative estimate of drug-likeness (QED) is 0.303. The molecule has 10 heteroatoms. The van der Waals surface area contributed by atoms with Gasteiger partial charge in [0, 0.05) is 29.4 Å². The van der Waals surface area contributed by atoms with Gasteiger partial charge in [0.15, 0.2) is 0 Å². The number of anilines is 3. The maximum Gasteiger partial charge on any atom is 0.337 e. The summed E-state index contributed by atoms with van der Waals surface area (Å²) in [5.74, 6) is 1.48. The standard InChI is InChI=1S/C27H28N6O4/c1-27(2,3)22-16-24(33(32-22)19-7-5-6-17(14-19)25(34)36-4)31-26(35)30-18-8-10-20(11-9-18)37-21-12-13-29-23(28)15-21/h5-16H,1-4H3,(H2,28,29)(H2,30,31,35). The first-order valence-electron chi connectivity index (χ1n) is 11.5. The predicted octanol–water partition coefficient (Wildman–Crippen LogP) is 5.37. The van der Waals surface area contributed by atoms with Crippen molar-refractivity contribution < 1.29 is 19.1 Å². The molecule has 0 radical (unpaired) electrons. The van der Waals surface area contributed by atoms with Gasteiger partial charge in [-0.2, -0.15) is 5.10 Å². The summed E-state index contributed by atoms with van der Waals surface area (Å²) in [6, 6.07) is 18.4. The van der Waals surface area contributed by atoms with Crippen molar-refractivity contribution in [1.29, 1.82) is 0 Å². The molecule has 0 atom stereocenters. The Balaban J connectivity index is 1.52. The number of nitrogens with one attached hydrogen (secondary N) is 2. The third-order valence-corrected chi connectivity index (χ3v) is 5.33. The van der Waals surface area contributed by atoms with E-state index in [1.165, 1.54) is 7.11 Å². The van der Waals surface area contributed by atoms with Crippen molar-refractivity contribution in [2.24, 2.45) is 0 Å². The highest BCUT2D eigenvalue weighted by molar-refractivity contribution is 5.99. The third kappa shape index (κ3) is 6.23. The molecular weight excluding hydrogens is 472 g/mol. The Bertz CT molecular complexity index is 1420. The van der Waals surface area contributed by atoms with Gasteiger partial charge < -0.3 is 20.5 Å². The molecule has 0 spiro atoms. The number of hydrogen-bond donors (Lipinski definition) is 3. The Morgan fingerprint density at radius 3 is 2.38 bits per heavy atom. The fourth-order valence-corrected chi connectivity index (χ4v) is 3.43. The van der Waals surface area contributed by atoms with E-state index in [2.05, 4.69) is 20.7 Å². The van der Waals surface area contributed by atoms with Crippen LogP contribution in [0, 0.1) is 0 Å². The lowest BCUT2D eigenvalue weighted by Crippen LogP contribution is -2.21. The summed E-state index contributed by atoms with van der Waals surface area (Å²) in [6.45, 7) is 6.08. The van der Waals surface area contributed by atoms with Crippen LogP contribution in [0.15, 0.2) is 72.9 Å². The van der Waals surface area contributed by atoms with Gasteiger partial charge in [-0.3, -0.25) is 5.32 Å². The zero-order valence-corrected chi connectivity index (χ0v) is 21.0. The van der Waals surface area contributed by atoms with Gasteiger partial charge in [-0.25, -0.2) is 19.3 Å². The number of ether oxygens (including phenoxy) is 2. The average Bonchev–Trinajstić information content (AvgIpc) is 3.29. The highest BCUT2D eigenvalue weighted by atomic mass is 16.5. The van der Waals surface area contributed by atoms with Crippen molar-refractivity contribution in [3.63, 3.8) is 0 Å². The summed E-state index contributed by atoms with van der Waals surface area (Å²) < 4.78 is 12.2. The van der Waals surface area contributed by atoms with E-state index in [-0.39, 0.29) is 5.41 Å². The number of urea groups is 1. The number of nitrogen functional groups attached to an aromatic ring is 1. The van der Waals surface area contributed by atoms with Gasteiger partial charge in [-0.05, 0) is 48.5 Å². The largest absolute Gasteiger partial charge is 0.465 e. The minimum atomic E-state index is -0.461. The Kier molecular flexibility index (Phi) is 7.10. The summed E-state index contributed by atoms with van der Waals surface area (Å²) >= 11 is 0. The van der Waals surface area contributed by atoms with Crippen LogP contribution < -0.4 is 21.1 Å². The smallest absolute Gasteiger partial charge is 0.337 e. The first kappa shape index (κ1) is 25.2. The number of hydrogen-bond acceptors (Lipinski definition) is 7. The van der Waals surface area contributed by atoms with Crippen molar-refractivity contribution in [2.45, 2.75) is 26.2 Å². The molecule has 0 bridgehead atoms. The SMILES string of the molecule is COC(=O)c1cccc(-n2nc(C(C)(C)C)cc2NC(=O)Nc2ccc(Oc3ccnc(N)c3)cc2)c1. The molecule has 0 unspecified atom stereocenters. The molecule has 10 nitrogen and oxygen atoms in total. The first-order chi connectivity index (χ1) is 17.6. The van der Waals surface area contributed by atoms with Crippen molar-refractivity contribution in [3.8, 4) is 17.2 Å². The lowest BCUT2D eigenvalue weighted by molar-refractivity contribution is 0.0600. The molecule has 2 aromatic heterocycles. The van der Waals surface area contributed by atoms with E-state index in [4.69, 9.17) is 15.2 Å². The number of pyridine rings is 1. The molecule has 2 heterocycles. The number of nitrogens with zero attached hydrogens (tertiary/aromatic N) is 3. The van der Waals surface area contributed by atoms with E-state index in [9.17, 15) is 9.59 Å². The maximum atomic E-state index is 12.9. The monoisotopic (exact) mass is 500 g/mol. The summed E-state index contributed by atoms with van der Waals surface area (Å²) in [5.41, 5.74) is 7.72. The molecule has 0 aliphatic carbocycles. The lowest BCUT2D eigenvalue weighted by atomic mass is 9.92. The molecule has 2 aromatic carbocycles. The van der Waals surface area contributed by atoms with Crippen LogP contribution in [0.5, 0.6) is 11.5 Å². The van der Waals surface area contributed by atoms with Crippen LogP contribution >= 0.6 is 0 Å². The summed E-state index contributed by atoms with van der Waals surface area (Å²) in [4.78, 5) is 28.8. The second-order valence-electron chi connectivity index (χ2n) is 9.24. The summed E-state index contributed by atoms with van der Waals surface area (Å²) in [5, 5.41) is 10.3. The second-order valence-corrected chi connectivity index (χ2v) is 9.24. The number of nitrogens with two attached hydrogens (primary N) is 1. The molecule has 0 saturated heterocycles. The molecule has 4 N–H and O–H groups in total. The second kappa shape index (κ2) is 10.4.